The molecule has 0 heterocycles. The molecule has 2 saturated carbocycles. The summed E-state index contributed by atoms with van der Waals surface area (Å²) in [6.45, 7) is 5.24. The van der Waals surface area contributed by atoms with Crippen molar-refractivity contribution in [3.05, 3.63) is 58.9 Å². The van der Waals surface area contributed by atoms with Gasteiger partial charge in [0.1, 0.15) is 5.83 Å². The summed E-state index contributed by atoms with van der Waals surface area (Å²) in [6.07, 6.45) is 7.94. The van der Waals surface area contributed by atoms with E-state index in [1.807, 2.05) is 37.3 Å². The second-order valence-corrected chi connectivity index (χ2v) is 11.0. The Kier molecular flexibility index (Phi) is 5.68. The lowest BCUT2D eigenvalue weighted by atomic mass is 9.43. The first-order valence-electron chi connectivity index (χ1n) is 12.6. The van der Waals surface area contributed by atoms with Gasteiger partial charge in [0.2, 0.25) is 0 Å². The van der Waals surface area contributed by atoms with E-state index in [-0.39, 0.29) is 23.4 Å². The zero-order valence-electron chi connectivity index (χ0n) is 20.2. The molecule has 4 aliphatic rings. The first-order chi connectivity index (χ1) is 16.2. The molecule has 0 radical (unpaired) electrons. The maximum absolute atomic E-state index is 15.3. The molecule has 178 valence electrons. The second kappa shape index (κ2) is 8.31. The molecule has 1 unspecified atom stereocenters. The number of carbonyl (C=O) groups excluding carboxylic acids is 2. The van der Waals surface area contributed by atoms with Crippen LogP contribution in [-0.4, -0.2) is 22.3 Å². The highest BCUT2D eigenvalue weighted by atomic mass is 19.1. The van der Waals surface area contributed by atoms with E-state index in [9.17, 15) is 14.7 Å². The van der Waals surface area contributed by atoms with Gasteiger partial charge in [0.05, 0.1) is 0 Å². The fourth-order valence-corrected chi connectivity index (χ4v) is 7.85. The van der Waals surface area contributed by atoms with Crippen LogP contribution in [0.4, 0.5) is 4.39 Å². The van der Waals surface area contributed by atoms with Crippen LogP contribution < -0.4 is 0 Å². The first kappa shape index (κ1) is 23.2. The smallest absolute Gasteiger partial charge is 0.182 e. The van der Waals surface area contributed by atoms with Gasteiger partial charge in [-0.15, -0.1) is 5.92 Å². The molecule has 4 heteroatoms. The van der Waals surface area contributed by atoms with Gasteiger partial charge in [-0.05, 0) is 93.3 Å². The molecule has 1 N–H and O–H groups in total. The number of Topliss-reactive ketones (excluding diaryl/α,β-unsaturated/α-hetero) is 1. The minimum atomic E-state index is -1.80. The van der Waals surface area contributed by atoms with Gasteiger partial charge in [0.15, 0.2) is 17.2 Å². The number of halogens is 1. The Labute approximate surface area is 201 Å². The SMILES string of the molecule is CC#CC1(O)C(F)=CC[C@H]2[C@@H]3CCC4=CC(=O)CC[C@@H]4[C@H]3[C@@H](c3ccc(C(C)=O)cc3)C[C@@]21C. The zero-order chi connectivity index (χ0) is 24.3. The van der Waals surface area contributed by atoms with E-state index in [1.165, 1.54) is 5.57 Å². The van der Waals surface area contributed by atoms with Crippen molar-refractivity contribution < 1.29 is 19.1 Å². The van der Waals surface area contributed by atoms with E-state index in [2.05, 4.69) is 11.8 Å². The van der Waals surface area contributed by atoms with Crippen molar-refractivity contribution in [2.75, 3.05) is 0 Å². The fourth-order valence-electron chi connectivity index (χ4n) is 7.85. The van der Waals surface area contributed by atoms with Crippen LogP contribution in [0.15, 0.2) is 47.8 Å². The fraction of sp³-hybridized carbons (Fsp3) is 0.533. The average Bonchev–Trinajstić information content (AvgIpc) is 2.81. The lowest BCUT2D eigenvalue weighted by Crippen LogP contribution is -2.60. The van der Waals surface area contributed by atoms with Crippen LogP contribution in [0.2, 0.25) is 0 Å². The first-order valence-corrected chi connectivity index (χ1v) is 12.6. The van der Waals surface area contributed by atoms with E-state index >= 15 is 4.39 Å². The van der Waals surface area contributed by atoms with Crippen LogP contribution in [0.25, 0.3) is 0 Å². The Hall–Kier alpha value is -2.51. The van der Waals surface area contributed by atoms with Gasteiger partial charge in [-0.3, -0.25) is 9.59 Å². The number of rotatable bonds is 2. The van der Waals surface area contributed by atoms with Crippen molar-refractivity contribution in [3.8, 4) is 11.8 Å². The maximum atomic E-state index is 15.3. The topological polar surface area (TPSA) is 54.4 Å². The zero-order valence-corrected chi connectivity index (χ0v) is 20.2. The summed E-state index contributed by atoms with van der Waals surface area (Å²) in [5, 5.41) is 11.7. The van der Waals surface area contributed by atoms with Gasteiger partial charge in [0.25, 0.3) is 0 Å². The standard InChI is InChI=1S/C30H33FO3/c1-4-15-30(34)27(31)14-13-26-24-11-9-21-16-22(33)10-12-23(21)28(24)25(17-29(26,30)3)20-7-5-19(6-8-20)18(2)32/h5-8,14,16,23-26,28,34H,9-13,17H2,1-3H3/t23-,24-,25+,26-,28+,29-,30?/m0/s1. The summed E-state index contributed by atoms with van der Waals surface area (Å²) < 4.78 is 15.3. The minimum absolute atomic E-state index is 0.0286. The van der Waals surface area contributed by atoms with Gasteiger partial charge in [0, 0.05) is 17.4 Å². The van der Waals surface area contributed by atoms with E-state index in [0.717, 1.165) is 24.8 Å². The largest absolute Gasteiger partial charge is 0.371 e. The minimum Gasteiger partial charge on any atom is -0.371 e. The second-order valence-electron chi connectivity index (χ2n) is 11.0. The number of fused-ring (bicyclic) bond motifs is 5. The number of aliphatic hydroxyl groups is 1. The molecule has 0 saturated heterocycles. The predicted octanol–water partition coefficient (Wildman–Crippen LogP) is 5.94. The molecular weight excluding hydrogens is 427 g/mol. The molecule has 3 nitrogen and oxygen atoms in total. The molecule has 4 aliphatic carbocycles. The van der Waals surface area contributed by atoms with Gasteiger partial charge in [-0.1, -0.05) is 42.7 Å². The van der Waals surface area contributed by atoms with Crippen LogP contribution in [0, 0.1) is 40.9 Å². The van der Waals surface area contributed by atoms with E-state index in [4.69, 9.17) is 0 Å². The van der Waals surface area contributed by atoms with Crippen molar-refractivity contribution in [2.24, 2.45) is 29.1 Å². The molecule has 0 spiro atoms. The predicted molar refractivity (Wildman–Crippen MR) is 130 cm³/mol. The Morgan fingerprint density at radius 3 is 2.56 bits per heavy atom. The van der Waals surface area contributed by atoms with Crippen molar-refractivity contribution >= 4 is 11.6 Å². The molecule has 0 aromatic heterocycles. The molecule has 2 fully saturated rings. The monoisotopic (exact) mass is 460 g/mol. The van der Waals surface area contributed by atoms with Crippen molar-refractivity contribution in [1.29, 1.82) is 0 Å². The Balaban J connectivity index is 1.65. The van der Waals surface area contributed by atoms with Crippen LogP contribution in [0.5, 0.6) is 0 Å². The molecule has 1 aromatic carbocycles. The molecular formula is C30H33FO3. The molecule has 0 aliphatic heterocycles. The van der Waals surface area contributed by atoms with Gasteiger partial charge >= 0.3 is 0 Å². The number of carbonyl (C=O) groups is 2. The highest BCUT2D eigenvalue weighted by Gasteiger charge is 2.64. The van der Waals surface area contributed by atoms with Crippen molar-refractivity contribution in [2.45, 2.75) is 70.8 Å². The molecule has 0 amide bonds. The highest BCUT2D eigenvalue weighted by molar-refractivity contribution is 5.94. The van der Waals surface area contributed by atoms with Gasteiger partial charge in [-0.2, -0.15) is 0 Å². The van der Waals surface area contributed by atoms with Crippen molar-refractivity contribution in [1.82, 2.24) is 0 Å². The van der Waals surface area contributed by atoms with Gasteiger partial charge < -0.3 is 5.11 Å². The molecule has 7 atom stereocenters. The highest BCUT2D eigenvalue weighted by Crippen LogP contribution is 2.66. The molecule has 1 aromatic rings. The average molecular weight is 461 g/mol. The lowest BCUT2D eigenvalue weighted by molar-refractivity contribution is -0.135. The summed E-state index contributed by atoms with van der Waals surface area (Å²) in [5.74, 6) is 6.56. The van der Waals surface area contributed by atoms with Crippen LogP contribution in [-0.2, 0) is 4.79 Å². The third-order valence-corrected chi connectivity index (χ3v) is 9.47. The molecule has 0 bridgehead atoms. The number of hydrogen-bond acceptors (Lipinski definition) is 3. The number of benzene rings is 1. The maximum Gasteiger partial charge on any atom is 0.182 e. The molecule has 5 rings (SSSR count). The Bertz CT molecular complexity index is 1150. The quantitative estimate of drug-likeness (QED) is 0.439. The van der Waals surface area contributed by atoms with Crippen LogP contribution in [0.3, 0.4) is 0 Å². The summed E-state index contributed by atoms with van der Waals surface area (Å²) in [6, 6.07) is 7.83. The molecule has 34 heavy (non-hydrogen) atoms. The number of hydrogen-bond donors (Lipinski definition) is 1. The van der Waals surface area contributed by atoms with E-state index in [1.54, 1.807) is 19.9 Å². The Morgan fingerprint density at radius 2 is 1.88 bits per heavy atom. The van der Waals surface area contributed by atoms with E-state index < -0.39 is 16.8 Å². The third kappa shape index (κ3) is 3.35. The van der Waals surface area contributed by atoms with Crippen LogP contribution >= 0.6 is 0 Å². The normalized spacial score (nSPS) is 38.9. The van der Waals surface area contributed by atoms with E-state index in [0.29, 0.717) is 42.6 Å². The number of allylic oxidation sites excluding steroid dienone is 3. The summed E-state index contributed by atoms with van der Waals surface area (Å²) >= 11 is 0. The van der Waals surface area contributed by atoms with Crippen molar-refractivity contribution in [3.63, 3.8) is 0 Å². The summed E-state index contributed by atoms with van der Waals surface area (Å²) in [4.78, 5) is 24.1. The Morgan fingerprint density at radius 1 is 1.15 bits per heavy atom. The number of ketones is 2. The van der Waals surface area contributed by atoms with Crippen LogP contribution in [0.1, 0.15) is 81.1 Å². The third-order valence-electron chi connectivity index (χ3n) is 9.47. The van der Waals surface area contributed by atoms with Gasteiger partial charge in [-0.25, -0.2) is 4.39 Å². The lowest BCUT2D eigenvalue weighted by Gasteiger charge is -2.62. The summed E-state index contributed by atoms with van der Waals surface area (Å²) in [5.41, 5.74) is 0.539. The summed E-state index contributed by atoms with van der Waals surface area (Å²) in [7, 11) is 0.